The van der Waals surface area contributed by atoms with E-state index in [1.165, 1.54) is 36.8 Å². The molecule has 0 aliphatic heterocycles. The number of nitrogens with one attached hydrogen (secondary N) is 1. The normalized spacial score (nSPS) is 17.5. The third-order valence-corrected chi connectivity index (χ3v) is 5.13. The first kappa shape index (κ1) is 16.5. The van der Waals surface area contributed by atoms with E-state index in [0.29, 0.717) is 6.04 Å². The Morgan fingerprint density at radius 1 is 1.10 bits per heavy atom. The molecule has 1 aliphatic carbocycles. The van der Waals surface area contributed by atoms with Crippen LogP contribution in [-0.4, -0.2) is 24.0 Å². The highest BCUT2D eigenvalue weighted by atomic mass is 15.1. The molecule has 0 radical (unpaired) electrons. The summed E-state index contributed by atoms with van der Waals surface area (Å²) in [6, 6.07) is 9.56. The Labute approximate surface area is 130 Å². The molecule has 2 rings (SSSR count). The van der Waals surface area contributed by atoms with E-state index in [1.54, 1.807) is 0 Å². The van der Waals surface area contributed by atoms with Gasteiger partial charge in [0.1, 0.15) is 0 Å². The zero-order chi connectivity index (χ0) is 15.1. The van der Waals surface area contributed by atoms with Gasteiger partial charge in [-0.1, -0.05) is 51.0 Å². The molecule has 2 nitrogen and oxygen atoms in total. The lowest BCUT2D eigenvalue weighted by Gasteiger charge is -2.23. The van der Waals surface area contributed by atoms with E-state index in [0.717, 1.165) is 32.1 Å². The number of rotatable bonds is 8. The molecule has 1 aliphatic rings. The summed E-state index contributed by atoms with van der Waals surface area (Å²) in [7, 11) is 0. The molecular formula is C19H32N2. The van der Waals surface area contributed by atoms with Crippen molar-refractivity contribution in [2.75, 3.05) is 13.1 Å². The van der Waals surface area contributed by atoms with E-state index >= 15 is 0 Å². The van der Waals surface area contributed by atoms with Crippen molar-refractivity contribution in [1.82, 2.24) is 10.2 Å². The highest BCUT2D eigenvalue weighted by Crippen LogP contribution is 2.27. The van der Waals surface area contributed by atoms with Crippen LogP contribution in [0.15, 0.2) is 24.3 Å². The summed E-state index contributed by atoms with van der Waals surface area (Å²) in [5, 5.41) is 3.77. The minimum absolute atomic E-state index is 0.647. The molecule has 0 spiro atoms. The van der Waals surface area contributed by atoms with Gasteiger partial charge in [0, 0.05) is 19.1 Å². The van der Waals surface area contributed by atoms with Gasteiger partial charge in [-0.25, -0.2) is 0 Å². The van der Waals surface area contributed by atoms with Gasteiger partial charge in [-0.15, -0.1) is 0 Å². The Morgan fingerprint density at radius 3 is 2.33 bits per heavy atom. The van der Waals surface area contributed by atoms with Crippen molar-refractivity contribution >= 4 is 0 Å². The summed E-state index contributed by atoms with van der Waals surface area (Å²) in [5.41, 5.74) is 2.95. The Kier molecular flexibility index (Phi) is 6.72. The quantitative estimate of drug-likeness (QED) is 0.771. The van der Waals surface area contributed by atoms with Gasteiger partial charge in [0.2, 0.25) is 0 Å². The minimum atomic E-state index is 0.647. The van der Waals surface area contributed by atoms with Gasteiger partial charge in [0.15, 0.2) is 0 Å². The average molecular weight is 288 g/mol. The summed E-state index contributed by atoms with van der Waals surface area (Å²) < 4.78 is 0. The number of hydrogen-bond donors (Lipinski definition) is 1. The predicted octanol–water partition coefficient (Wildman–Crippen LogP) is 4.20. The largest absolute Gasteiger partial charge is 0.310 e. The van der Waals surface area contributed by atoms with E-state index in [4.69, 9.17) is 0 Å². The van der Waals surface area contributed by atoms with Crippen LogP contribution < -0.4 is 5.32 Å². The molecule has 1 unspecified atom stereocenters. The Hall–Kier alpha value is -0.860. The Morgan fingerprint density at radius 2 is 1.71 bits per heavy atom. The fourth-order valence-corrected chi connectivity index (χ4v) is 3.47. The second kappa shape index (κ2) is 8.55. The first-order valence-electron chi connectivity index (χ1n) is 8.77. The zero-order valence-corrected chi connectivity index (χ0v) is 14.1. The van der Waals surface area contributed by atoms with Crippen LogP contribution in [0.1, 0.15) is 57.6 Å². The molecule has 1 fully saturated rings. The first-order chi connectivity index (χ1) is 10.2. The third-order valence-electron chi connectivity index (χ3n) is 5.13. The van der Waals surface area contributed by atoms with Crippen molar-refractivity contribution in [2.45, 2.75) is 65.6 Å². The summed E-state index contributed by atoms with van der Waals surface area (Å²) in [6.45, 7) is 11.2. The molecule has 0 saturated heterocycles. The molecule has 0 heterocycles. The molecule has 1 N–H and O–H groups in total. The van der Waals surface area contributed by atoms with Crippen LogP contribution >= 0.6 is 0 Å². The van der Waals surface area contributed by atoms with Gasteiger partial charge in [-0.05, 0) is 49.9 Å². The Bertz CT molecular complexity index is 406. The maximum atomic E-state index is 3.77. The van der Waals surface area contributed by atoms with E-state index in [9.17, 15) is 0 Å². The second-order valence-electron chi connectivity index (χ2n) is 6.44. The standard InChI is InChI=1S/C19H32N2/c1-4-21(5-2)15-19-13-9-8-12-18(19)14-20-16(3)17-10-6-7-11-17/h8-9,12-13,16-17,20H,4-7,10-11,14-15H2,1-3H3. The Balaban J connectivity index is 1.92. The summed E-state index contributed by atoms with van der Waals surface area (Å²) in [4.78, 5) is 2.49. The lowest BCUT2D eigenvalue weighted by atomic mass is 9.99. The fourth-order valence-electron chi connectivity index (χ4n) is 3.47. The molecule has 1 atom stereocenters. The topological polar surface area (TPSA) is 15.3 Å². The fraction of sp³-hybridized carbons (Fsp3) is 0.684. The monoisotopic (exact) mass is 288 g/mol. The van der Waals surface area contributed by atoms with Crippen LogP contribution in [0.2, 0.25) is 0 Å². The van der Waals surface area contributed by atoms with Crippen molar-refractivity contribution in [3.63, 3.8) is 0 Å². The van der Waals surface area contributed by atoms with Crippen LogP contribution in [0.3, 0.4) is 0 Å². The summed E-state index contributed by atoms with van der Waals surface area (Å²) in [6.07, 6.45) is 5.68. The van der Waals surface area contributed by atoms with Gasteiger partial charge >= 0.3 is 0 Å². The van der Waals surface area contributed by atoms with Gasteiger partial charge in [-0.3, -0.25) is 4.90 Å². The average Bonchev–Trinajstić information content (AvgIpc) is 3.05. The van der Waals surface area contributed by atoms with Crippen molar-refractivity contribution in [3.8, 4) is 0 Å². The summed E-state index contributed by atoms with van der Waals surface area (Å²) in [5.74, 6) is 0.889. The zero-order valence-electron chi connectivity index (χ0n) is 14.1. The van der Waals surface area contributed by atoms with E-state index in [2.05, 4.69) is 55.3 Å². The van der Waals surface area contributed by atoms with Gasteiger partial charge in [0.05, 0.1) is 0 Å². The predicted molar refractivity (Wildman–Crippen MR) is 91.3 cm³/mol. The van der Waals surface area contributed by atoms with Gasteiger partial charge < -0.3 is 5.32 Å². The van der Waals surface area contributed by atoms with Crippen molar-refractivity contribution in [2.24, 2.45) is 5.92 Å². The smallest absolute Gasteiger partial charge is 0.0236 e. The van der Waals surface area contributed by atoms with Gasteiger partial charge in [-0.2, -0.15) is 0 Å². The number of benzene rings is 1. The molecule has 2 heteroatoms. The highest BCUT2D eigenvalue weighted by Gasteiger charge is 2.21. The minimum Gasteiger partial charge on any atom is -0.310 e. The van der Waals surface area contributed by atoms with E-state index < -0.39 is 0 Å². The van der Waals surface area contributed by atoms with Crippen LogP contribution in [0.5, 0.6) is 0 Å². The lowest BCUT2D eigenvalue weighted by Crippen LogP contribution is -2.32. The van der Waals surface area contributed by atoms with Crippen LogP contribution in [0.4, 0.5) is 0 Å². The maximum Gasteiger partial charge on any atom is 0.0236 e. The maximum absolute atomic E-state index is 3.77. The molecule has 1 aromatic carbocycles. The molecular weight excluding hydrogens is 256 g/mol. The number of hydrogen-bond acceptors (Lipinski definition) is 2. The lowest BCUT2D eigenvalue weighted by molar-refractivity contribution is 0.294. The van der Waals surface area contributed by atoms with E-state index in [1.807, 2.05) is 0 Å². The first-order valence-corrected chi connectivity index (χ1v) is 8.77. The van der Waals surface area contributed by atoms with Gasteiger partial charge in [0.25, 0.3) is 0 Å². The SMILES string of the molecule is CCN(CC)Cc1ccccc1CNC(C)C1CCCC1. The van der Waals surface area contributed by atoms with Crippen molar-refractivity contribution in [1.29, 1.82) is 0 Å². The molecule has 1 aromatic rings. The molecule has 0 bridgehead atoms. The molecule has 0 amide bonds. The van der Waals surface area contributed by atoms with Crippen molar-refractivity contribution < 1.29 is 0 Å². The molecule has 0 aromatic heterocycles. The second-order valence-corrected chi connectivity index (χ2v) is 6.44. The van der Waals surface area contributed by atoms with Crippen LogP contribution in [0.25, 0.3) is 0 Å². The summed E-state index contributed by atoms with van der Waals surface area (Å²) >= 11 is 0. The molecule has 1 saturated carbocycles. The number of nitrogens with zero attached hydrogens (tertiary/aromatic N) is 1. The van der Waals surface area contributed by atoms with Crippen molar-refractivity contribution in [3.05, 3.63) is 35.4 Å². The van der Waals surface area contributed by atoms with E-state index in [-0.39, 0.29) is 0 Å². The van der Waals surface area contributed by atoms with Crippen LogP contribution in [0, 0.1) is 5.92 Å². The highest BCUT2D eigenvalue weighted by molar-refractivity contribution is 5.27. The van der Waals surface area contributed by atoms with Crippen LogP contribution in [-0.2, 0) is 13.1 Å². The molecule has 21 heavy (non-hydrogen) atoms. The third kappa shape index (κ3) is 4.82. The molecule has 118 valence electrons.